The summed E-state index contributed by atoms with van der Waals surface area (Å²) in [6, 6.07) is 33.8. The monoisotopic (exact) mass is 848 g/mol. The number of carbonyl (C=O) groups is 1. The molecule has 1 aromatic heterocycles. The van der Waals surface area contributed by atoms with Gasteiger partial charge in [0.05, 0.1) is 0 Å². The molecule has 13 heteroatoms. The van der Waals surface area contributed by atoms with E-state index in [2.05, 4.69) is 6.07 Å². The van der Waals surface area contributed by atoms with E-state index in [0.29, 0.717) is 16.1 Å². The molecule has 1 saturated carbocycles. The van der Waals surface area contributed by atoms with Gasteiger partial charge in [-0.2, -0.15) is 0 Å². The van der Waals surface area contributed by atoms with Gasteiger partial charge in [-0.1, -0.05) is 0 Å². The summed E-state index contributed by atoms with van der Waals surface area (Å²) < 4.78 is 22.4. The van der Waals surface area contributed by atoms with Crippen molar-refractivity contribution in [3.63, 3.8) is 0 Å². The van der Waals surface area contributed by atoms with Gasteiger partial charge in [0.1, 0.15) is 0 Å². The van der Waals surface area contributed by atoms with Crippen LogP contribution in [0.25, 0.3) is 0 Å². The van der Waals surface area contributed by atoms with Crippen LogP contribution >= 0.6 is 7.21 Å². The predicted molar refractivity (Wildman–Crippen MR) is 238 cm³/mol. The molecule has 322 valence electrons. The van der Waals surface area contributed by atoms with Gasteiger partial charge < -0.3 is 0 Å². The van der Waals surface area contributed by atoms with Gasteiger partial charge in [0, 0.05) is 0 Å². The molecule has 12 nitrogen and oxygen atoms in total. The summed E-state index contributed by atoms with van der Waals surface area (Å²) in [6.07, 6.45) is 1.71. The van der Waals surface area contributed by atoms with Crippen LogP contribution in [0.15, 0.2) is 125 Å². The molecule has 6 rings (SSSR count). The molecular weight excluding hydrogens is 792 g/mol. The second kappa shape index (κ2) is 18.3. The quantitative estimate of drug-likeness (QED) is 0.0747. The summed E-state index contributed by atoms with van der Waals surface area (Å²) in [5, 5.41) is 9.95. The number of hydrogen-bond donors (Lipinski definition) is 2. The van der Waals surface area contributed by atoms with E-state index in [9.17, 15) is 29.4 Å². The molecule has 0 saturated heterocycles. The van der Waals surface area contributed by atoms with Crippen LogP contribution in [-0.4, -0.2) is 74.2 Å². The first-order chi connectivity index (χ1) is 29.1. The van der Waals surface area contributed by atoms with Crippen molar-refractivity contribution < 1.29 is 28.8 Å². The molecule has 1 aliphatic carbocycles. The van der Waals surface area contributed by atoms with Crippen LogP contribution < -0.4 is 20.7 Å². The standard InChI is InChI=1S/C48H57N4O8P/c1-33(2)52(34(3)4)61(56,57,30-14-29-49)44-28-27-43(50-31-35(5)45(53)51(47(50)55)46(54)36-15-10-8-11-16-36)42(44)32-60-48(37-17-12-9-13-18-37,38-19-23-40(58-6)24-20-38)39-21-25-41(59-7)26-22-39/h8-13,15-26,31,33-34,42-44,56-57H,14,27-28,30,32H2,1-7H3/t42-,43-,44-/m0/s1. The normalized spacial score (nSPS) is 17.6. The molecule has 0 spiro atoms. The van der Waals surface area contributed by atoms with Gasteiger partial charge >= 0.3 is 359 Å². The number of nitriles is 1. The number of ether oxygens (including phenoxy) is 3. The number of rotatable bonds is 16. The molecule has 0 radical (unpaired) electrons. The van der Waals surface area contributed by atoms with E-state index >= 15 is 0 Å². The van der Waals surface area contributed by atoms with Gasteiger partial charge in [-0.25, -0.2) is 0 Å². The van der Waals surface area contributed by atoms with Crippen molar-refractivity contribution in [2.24, 2.45) is 5.92 Å². The van der Waals surface area contributed by atoms with E-state index in [-0.39, 0.29) is 55.2 Å². The Bertz CT molecular complexity index is 2410. The van der Waals surface area contributed by atoms with Crippen molar-refractivity contribution in [2.45, 2.75) is 83.3 Å². The van der Waals surface area contributed by atoms with Gasteiger partial charge in [-0.15, -0.1) is 0 Å². The van der Waals surface area contributed by atoms with Crippen LogP contribution in [0.1, 0.15) is 85.6 Å². The van der Waals surface area contributed by atoms with Crippen LogP contribution in [-0.2, 0) is 10.3 Å². The number of benzene rings is 4. The molecule has 1 heterocycles. The fourth-order valence-electron chi connectivity index (χ4n) is 9.69. The number of hydrogen-bond acceptors (Lipinski definition) is 10. The Kier molecular flexibility index (Phi) is 13.5. The maximum absolute atomic E-state index is 14.7. The molecule has 5 aromatic rings. The first-order valence-corrected chi connectivity index (χ1v) is 23.1. The molecule has 61 heavy (non-hydrogen) atoms. The summed E-state index contributed by atoms with van der Waals surface area (Å²) in [7, 11) is -1.91. The Labute approximate surface area is 357 Å². The molecule has 0 amide bonds. The van der Waals surface area contributed by atoms with Crippen molar-refractivity contribution >= 4 is 13.1 Å². The summed E-state index contributed by atoms with van der Waals surface area (Å²) in [4.78, 5) is 69.1. The first-order valence-electron chi connectivity index (χ1n) is 20.7. The number of aromatic nitrogens is 2. The predicted octanol–water partition coefficient (Wildman–Crippen LogP) is 7.67. The van der Waals surface area contributed by atoms with Crippen molar-refractivity contribution in [2.75, 3.05) is 27.0 Å². The molecule has 0 aliphatic heterocycles. The second-order valence-corrected chi connectivity index (χ2v) is 20.4. The van der Waals surface area contributed by atoms with E-state index in [1.54, 1.807) is 56.1 Å². The van der Waals surface area contributed by atoms with Gasteiger partial charge in [-0.3, -0.25) is 0 Å². The summed E-state index contributed by atoms with van der Waals surface area (Å²) in [6.45, 7) is 9.07. The zero-order valence-corrected chi connectivity index (χ0v) is 36.9. The molecule has 1 aliphatic rings. The van der Waals surface area contributed by atoms with Crippen LogP contribution in [0, 0.1) is 24.2 Å². The summed E-state index contributed by atoms with van der Waals surface area (Å²) >= 11 is 0. The van der Waals surface area contributed by atoms with Gasteiger partial charge in [-0.05, 0) is 0 Å². The first kappa shape index (κ1) is 45.1. The number of carbonyl (C=O) groups excluding carboxylic acids is 1. The number of aryl methyl sites for hydroxylation is 1. The Morgan fingerprint density at radius 2 is 1.33 bits per heavy atom. The van der Waals surface area contributed by atoms with Gasteiger partial charge in [0.15, 0.2) is 0 Å². The Balaban J connectivity index is 1.62. The minimum atomic E-state index is -5.10. The van der Waals surface area contributed by atoms with Crippen LogP contribution in [0.2, 0.25) is 0 Å². The zero-order chi connectivity index (χ0) is 44.1. The molecule has 2 N–H and O–H groups in total. The van der Waals surface area contributed by atoms with Crippen LogP contribution in [0.5, 0.6) is 11.5 Å². The fraction of sp³-hybridized carbons (Fsp3) is 0.375. The van der Waals surface area contributed by atoms with E-state index in [1.165, 1.54) is 10.8 Å². The van der Waals surface area contributed by atoms with E-state index in [1.807, 2.05) is 107 Å². The Morgan fingerprint density at radius 3 is 1.82 bits per heavy atom. The third kappa shape index (κ3) is 8.46. The van der Waals surface area contributed by atoms with E-state index in [0.717, 1.165) is 16.7 Å². The molecular formula is C48H57N4O8P. The zero-order valence-electron chi connectivity index (χ0n) is 36.0. The molecule has 0 bridgehead atoms. The van der Waals surface area contributed by atoms with Crippen molar-refractivity contribution in [3.8, 4) is 17.6 Å². The minimum absolute atomic E-state index is 0.114. The van der Waals surface area contributed by atoms with E-state index in [4.69, 9.17) is 14.2 Å². The van der Waals surface area contributed by atoms with Crippen LogP contribution in [0.3, 0.4) is 0 Å². The van der Waals surface area contributed by atoms with Gasteiger partial charge in [0.2, 0.25) is 0 Å². The number of nitrogens with zero attached hydrogens (tertiary/aromatic N) is 4. The van der Waals surface area contributed by atoms with Gasteiger partial charge in [0.25, 0.3) is 0 Å². The molecule has 1 fully saturated rings. The van der Waals surface area contributed by atoms with Crippen molar-refractivity contribution in [3.05, 3.63) is 164 Å². The second-order valence-electron chi connectivity index (χ2n) is 16.4. The molecule has 4 aromatic carbocycles. The molecule has 3 atom stereocenters. The van der Waals surface area contributed by atoms with Crippen molar-refractivity contribution in [1.29, 1.82) is 5.26 Å². The third-order valence-corrected chi connectivity index (χ3v) is 17.2. The average Bonchev–Trinajstić information content (AvgIpc) is 3.70. The van der Waals surface area contributed by atoms with E-state index < -0.39 is 47.6 Å². The Morgan fingerprint density at radius 1 is 0.820 bits per heavy atom. The Hall–Kier alpha value is -5.41. The van der Waals surface area contributed by atoms with Crippen molar-refractivity contribution in [1.82, 2.24) is 13.8 Å². The molecule has 0 unspecified atom stereocenters. The topological polar surface area (TPSA) is 156 Å². The SMILES string of the molecule is COc1ccc(C(OC[C@H]2[C@@H](n3cc(C)c(=O)n(C(=O)c4ccccc4)c3=O)CC[C@@H]2P(O)(O)(CCC#N)N(C(C)C)C(C)C)(c2ccccc2)c2ccc(OC)cc2)cc1. The third-order valence-electron chi connectivity index (χ3n) is 12.2. The number of methoxy groups -OCH3 is 2. The average molecular weight is 849 g/mol. The fourth-order valence-corrected chi connectivity index (χ4v) is 14.9. The summed E-state index contributed by atoms with van der Waals surface area (Å²) in [5.74, 6) is -0.268. The summed E-state index contributed by atoms with van der Waals surface area (Å²) in [5.41, 5.74) is -1.11. The van der Waals surface area contributed by atoms with Crippen LogP contribution in [0.4, 0.5) is 0 Å². The maximum atomic E-state index is 14.7.